The largest absolute Gasteiger partial charge is 0.534 e. The number of aliphatic hydroxyl groups is 1. The molecule has 4 aromatic carbocycles. The molecule has 0 saturated heterocycles. The van der Waals surface area contributed by atoms with Crippen molar-refractivity contribution in [2.24, 2.45) is 7.05 Å². The van der Waals surface area contributed by atoms with Crippen LogP contribution in [0.4, 0.5) is 0 Å². The molecule has 1 heterocycles. The van der Waals surface area contributed by atoms with Crippen molar-refractivity contribution < 1.29 is 9.53 Å². The van der Waals surface area contributed by atoms with E-state index in [1.807, 2.05) is 29.9 Å². The van der Waals surface area contributed by atoms with E-state index in [1.54, 1.807) is 0 Å². The lowest BCUT2D eigenvalue weighted by Gasteiger charge is -2.43. The van der Waals surface area contributed by atoms with E-state index in [1.165, 1.54) is 15.9 Å². The Morgan fingerprint density at radius 3 is 2.05 bits per heavy atom. The second-order valence-corrected chi connectivity index (χ2v) is 15.8. The standard InChI is InChI=1S/C33H35ClN2O2Si/c1-33(2,3)39(29-11-7-5-8-12-29,30-13-9-6-10-14-30)38-32-20-24(19-25-21-26(34)16-18-31(25)32)15-17-28-22-27(23-37)35-36(28)4/h5-14,16,18-22,37H,15,17,23H2,1-4H3. The minimum atomic E-state index is -2.82. The number of nitrogens with zero attached hydrogens (tertiary/aromatic N) is 2. The molecule has 5 aromatic rings. The maximum atomic E-state index is 9.50. The highest BCUT2D eigenvalue weighted by atomic mass is 35.5. The molecule has 0 aliphatic rings. The molecule has 5 rings (SSSR count). The van der Waals surface area contributed by atoms with E-state index in [4.69, 9.17) is 16.0 Å². The normalized spacial score (nSPS) is 12.2. The Balaban J connectivity index is 1.66. The van der Waals surface area contributed by atoms with Crippen LogP contribution in [-0.2, 0) is 26.5 Å². The van der Waals surface area contributed by atoms with Crippen LogP contribution in [0.25, 0.3) is 10.8 Å². The SMILES string of the molecule is Cn1nc(CO)cc1CCc1cc(O[Si](c2ccccc2)(c2ccccc2)C(C)(C)C)c2ccc(Cl)cc2c1. The Labute approximate surface area is 237 Å². The fraction of sp³-hybridized carbons (Fsp3) is 0.242. The number of hydrogen-bond acceptors (Lipinski definition) is 3. The molecule has 0 atom stereocenters. The predicted octanol–water partition coefficient (Wildman–Crippen LogP) is 6.44. The Morgan fingerprint density at radius 2 is 1.49 bits per heavy atom. The summed E-state index contributed by atoms with van der Waals surface area (Å²) < 4.78 is 9.33. The van der Waals surface area contributed by atoms with E-state index < -0.39 is 8.32 Å². The van der Waals surface area contributed by atoms with Gasteiger partial charge < -0.3 is 9.53 Å². The number of halogens is 1. The molecular formula is C33H35ClN2O2Si. The van der Waals surface area contributed by atoms with Crippen LogP contribution in [0.15, 0.2) is 97.1 Å². The monoisotopic (exact) mass is 554 g/mol. The molecule has 1 aromatic heterocycles. The molecule has 4 nitrogen and oxygen atoms in total. The molecular weight excluding hydrogens is 520 g/mol. The van der Waals surface area contributed by atoms with Gasteiger partial charge in [0, 0.05) is 23.2 Å². The highest BCUT2D eigenvalue weighted by Crippen LogP contribution is 2.40. The van der Waals surface area contributed by atoms with E-state index in [0.717, 1.165) is 35.1 Å². The van der Waals surface area contributed by atoms with Crippen molar-refractivity contribution in [1.82, 2.24) is 9.78 Å². The summed E-state index contributed by atoms with van der Waals surface area (Å²) in [6, 6.07) is 33.9. The van der Waals surface area contributed by atoms with Gasteiger partial charge in [-0.1, -0.05) is 99.1 Å². The highest BCUT2D eigenvalue weighted by molar-refractivity contribution is 7.00. The fourth-order valence-electron chi connectivity index (χ4n) is 5.56. The van der Waals surface area contributed by atoms with Crippen LogP contribution in [0.2, 0.25) is 10.1 Å². The summed E-state index contributed by atoms with van der Waals surface area (Å²) in [5.41, 5.74) is 2.94. The molecule has 0 radical (unpaired) electrons. The maximum Gasteiger partial charge on any atom is 0.319 e. The number of hydrogen-bond donors (Lipinski definition) is 1. The van der Waals surface area contributed by atoms with Crippen molar-refractivity contribution in [2.75, 3.05) is 0 Å². The fourth-order valence-corrected chi connectivity index (χ4v) is 10.2. The van der Waals surface area contributed by atoms with Gasteiger partial charge in [0.05, 0.1) is 12.3 Å². The number of aliphatic hydroxyl groups excluding tert-OH is 1. The lowest BCUT2D eigenvalue weighted by atomic mass is 10.0. The summed E-state index contributed by atoms with van der Waals surface area (Å²) in [5.74, 6) is 0.884. The molecule has 0 aliphatic heterocycles. The van der Waals surface area contributed by atoms with Crippen LogP contribution in [0.3, 0.4) is 0 Å². The highest BCUT2D eigenvalue weighted by Gasteiger charge is 2.52. The predicted molar refractivity (Wildman–Crippen MR) is 164 cm³/mol. The maximum absolute atomic E-state index is 9.50. The van der Waals surface area contributed by atoms with Crippen molar-refractivity contribution in [2.45, 2.75) is 45.3 Å². The lowest BCUT2D eigenvalue weighted by molar-refractivity contribution is 0.275. The average molecular weight is 555 g/mol. The van der Waals surface area contributed by atoms with Crippen molar-refractivity contribution in [3.05, 3.63) is 119 Å². The van der Waals surface area contributed by atoms with Gasteiger partial charge in [0.2, 0.25) is 0 Å². The van der Waals surface area contributed by atoms with Crippen molar-refractivity contribution in [1.29, 1.82) is 0 Å². The van der Waals surface area contributed by atoms with Gasteiger partial charge in [-0.05, 0) is 69.5 Å². The Bertz CT molecular complexity index is 1540. The molecule has 0 bridgehead atoms. The van der Waals surface area contributed by atoms with E-state index in [0.29, 0.717) is 10.7 Å². The average Bonchev–Trinajstić information content (AvgIpc) is 3.30. The third-order valence-electron chi connectivity index (χ3n) is 7.48. The molecule has 1 N–H and O–H groups in total. The summed E-state index contributed by atoms with van der Waals surface area (Å²) in [4.78, 5) is 0. The summed E-state index contributed by atoms with van der Waals surface area (Å²) in [5, 5.41) is 19.0. The first-order chi connectivity index (χ1) is 18.7. The summed E-state index contributed by atoms with van der Waals surface area (Å²) >= 11 is 6.47. The zero-order chi connectivity index (χ0) is 27.6. The number of rotatable bonds is 8. The van der Waals surface area contributed by atoms with Gasteiger partial charge in [0.25, 0.3) is 0 Å². The van der Waals surface area contributed by atoms with Gasteiger partial charge in [0.1, 0.15) is 5.75 Å². The smallest absolute Gasteiger partial charge is 0.319 e. The number of fused-ring (bicyclic) bond motifs is 1. The molecule has 6 heteroatoms. The van der Waals surface area contributed by atoms with Gasteiger partial charge in [-0.3, -0.25) is 4.68 Å². The number of aryl methyl sites for hydroxylation is 3. The van der Waals surface area contributed by atoms with Crippen LogP contribution in [0.5, 0.6) is 5.75 Å². The van der Waals surface area contributed by atoms with Crippen molar-refractivity contribution in [3.63, 3.8) is 0 Å². The molecule has 0 saturated carbocycles. The second kappa shape index (κ2) is 11.0. The van der Waals surface area contributed by atoms with Gasteiger partial charge in [0.15, 0.2) is 0 Å². The van der Waals surface area contributed by atoms with Crippen molar-refractivity contribution >= 4 is 41.1 Å². The minimum Gasteiger partial charge on any atom is -0.534 e. The van der Waals surface area contributed by atoms with Crippen molar-refractivity contribution in [3.8, 4) is 5.75 Å². The van der Waals surface area contributed by atoms with Crippen LogP contribution in [0.1, 0.15) is 37.7 Å². The summed E-state index contributed by atoms with van der Waals surface area (Å²) in [6.07, 6.45) is 1.61. The van der Waals surface area contributed by atoms with Gasteiger partial charge in [-0.15, -0.1) is 0 Å². The Morgan fingerprint density at radius 1 is 0.846 bits per heavy atom. The molecule has 200 valence electrons. The van der Waals surface area contributed by atoms with E-state index in [2.05, 4.69) is 105 Å². The van der Waals surface area contributed by atoms with E-state index in [-0.39, 0.29) is 11.6 Å². The Hall–Kier alpha value is -3.38. The van der Waals surface area contributed by atoms with E-state index in [9.17, 15) is 5.11 Å². The summed E-state index contributed by atoms with van der Waals surface area (Å²) in [6.45, 7) is 6.83. The van der Waals surface area contributed by atoms with Crippen LogP contribution < -0.4 is 14.8 Å². The molecule has 0 amide bonds. The van der Waals surface area contributed by atoms with Crippen LogP contribution >= 0.6 is 11.6 Å². The quantitative estimate of drug-likeness (QED) is 0.224. The molecule has 0 spiro atoms. The first-order valence-corrected chi connectivity index (χ1v) is 15.6. The topological polar surface area (TPSA) is 47.3 Å². The van der Waals surface area contributed by atoms with Gasteiger partial charge in [-0.25, -0.2) is 0 Å². The lowest BCUT2D eigenvalue weighted by Crippen LogP contribution is -2.68. The molecule has 0 unspecified atom stereocenters. The molecule has 0 fully saturated rings. The number of benzene rings is 4. The molecule has 39 heavy (non-hydrogen) atoms. The zero-order valence-corrected chi connectivity index (χ0v) is 24.7. The van der Waals surface area contributed by atoms with Crippen LogP contribution in [0, 0.1) is 0 Å². The first-order valence-electron chi connectivity index (χ1n) is 13.4. The zero-order valence-electron chi connectivity index (χ0n) is 23.0. The first kappa shape index (κ1) is 27.2. The van der Waals surface area contributed by atoms with Gasteiger partial charge in [-0.2, -0.15) is 5.10 Å². The number of aromatic nitrogens is 2. The van der Waals surface area contributed by atoms with Crippen LogP contribution in [-0.4, -0.2) is 23.2 Å². The third kappa shape index (κ3) is 5.40. The summed E-state index contributed by atoms with van der Waals surface area (Å²) in [7, 11) is -0.893. The van der Waals surface area contributed by atoms with Gasteiger partial charge >= 0.3 is 8.32 Å². The van der Waals surface area contributed by atoms with E-state index >= 15 is 0 Å². The second-order valence-electron chi connectivity index (χ2n) is 11.1. The minimum absolute atomic E-state index is 0.0568. The third-order valence-corrected chi connectivity index (χ3v) is 12.6. The molecule has 0 aliphatic carbocycles. The Kier molecular flexibility index (Phi) is 7.67.